The Morgan fingerprint density at radius 2 is 2.39 bits per heavy atom. The first-order chi connectivity index (χ1) is 11.1. The highest BCUT2D eigenvalue weighted by Gasteiger charge is 2.34. The summed E-state index contributed by atoms with van der Waals surface area (Å²) in [5, 5.41) is 10.0. The summed E-state index contributed by atoms with van der Waals surface area (Å²) in [6.07, 6.45) is 4.26. The number of nitrogens with zero attached hydrogens (tertiary/aromatic N) is 3. The van der Waals surface area contributed by atoms with Gasteiger partial charge in [0.15, 0.2) is 0 Å². The third-order valence-corrected chi connectivity index (χ3v) is 4.20. The normalized spacial score (nSPS) is 21.0. The van der Waals surface area contributed by atoms with Gasteiger partial charge in [0.2, 0.25) is 0 Å². The second-order valence-electron chi connectivity index (χ2n) is 6.09. The van der Waals surface area contributed by atoms with Crippen molar-refractivity contribution in [1.82, 2.24) is 25.1 Å². The Balaban J connectivity index is 1.72. The summed E-state index contributed by atoms with van der Waals surface area (Å²) in [5.41, 5.74) is 1.37. The predicted octanol–water partition coefficient (Wildman–Crippen LogP) is 2.01. The molecular weight excluding hydrogens is 294 g/mol. The number of ether oxygens (including phenoxy) is 1. The molecule has 0 spiro atoms. The summed E-state index contributed by atoms with van der Waals surface area (Å²) in [6, 6.07) is 1.71. The summed E-state index contributed by atoms with van der Waals surface area (Å²) in [5.74, 6) is 0.993. The number of carbonyl (C=O) groups excluding carboxylic acids is 1. The number of aromatic amines is 1. The van der Waals surface area contributed by atoms with Crippen molar-refractivity contribution in [3.8, 4) is 0 Å². The van der Waals surface area contributed by atoms with Crippen LogP contribution in [0.15, 0.2) is 18.5 Å². The minimum atomic E-state index is -0.211. The molecule has 1 aliphatic heterocycles. The number of rotatable bonds is 5. The zero-order chi connectivity index (χ0) is 16.4. The van der Waals surface area contributed by atoms with E-state index in [2.05, 4.69) is 41.3 Å². The van der Waals surface area contributed by atoms with E-state index in [9.17, 15) is 4.79 Å². The Labute approximate surface area is 135 Å². The van der Waals surface area contributed by atoms with Crippen molar-refractivity contribution >= 4 is 5.91 Å². The van der Waals surface area contributed by atoms with E-state index >= 15 is 0 Å². The van der Waals surface area contributed by atoms with Crippen molar-refractivity contribution in [3.63, 3.8) is 0 Å². The molecule has 0 saturated carbocycles. The monoisotopic (exact) mass is 317 g/mol. The maximum absolute atomic E-state index is 12.4. The largest absolute Gasteiger partial charge is 0.368 e. The Hall–Kier alpha value is -2.15. The molecule has 2 atom stereocenters. The number of imidazole rings is 1. The Morgan fingerprint density at radius 1 is 1.57 bits per heavy atom. The standard InChI is InChI=1S/C16H23N5O2/c1-4-21-7-6-17-15(21)14-11(5-8-23-14)18-16(22)13-9-12(10(2)3)19-20-13/h6-7,9-11,14H,4-5,8H2,1-3H3,(H,18,22)(H,19,20)/t11-,14-/m0/s1. The molecule has 1 fully saturated rings. The second-order valence-corrected chi connectivity index (χ2v) is 6.09. The molecule has 0 aliphatic carbocycles. The zero-order valence-corrected chi connectivity index (χ0v) is 13.7. The van der Waals surface area contributed by atoms with Gasteiger partial charge in [0.05, 0.1) is 6.04 Å². The molecule has 2 aromatic rings. The average Bonchev–Trinajstić information content (AvgIpc) is 3.26. The SMILES string of the molecule is CCn1ccnc1[C@H]1OCC[C@@H]1NC(=O)c1cc(C(C)C)[nH]n1. The summed E-state index contributed by atoms with van der Waals surface area (Å²) in [7, 11) is 0. The molecule has 3 rings (SSSR count). The van der Waals surface area contributed by atoms with Gasteiger partial charge in [-0.05, 0) is 25.3 Å². The zero-order valence-electron chi connectivity index (χ0n) is 13.7. The molecule has 3 heterocycles. The molecule has 23 heavy (non-hydrogen) atoms. The maximum Gasteiger partial charge on any atom is 0.272 e. The van der Waals surface area contributed by atoms with Gasteiger partial charge in [0, 0.05) is 31.2 Å². The molecule has 1 saturated heterocycles. The Morgan fingerprint density at radius 3 is 3.09 bits per heavy atom. The second kappa shape index (κ2) is 6.54. The molecule has 0 unspecified atom stereocenters. The van der Waals surface area contributed by atoms with Gasteiger partial charge in [-0.25, -0.2) is 4.98 Å². The van der Waals surface area contributed by atoms with Crippen molar-refractivity contribution in [2.24, 2.45) is 0 Å². The van der Waals surface area contributed by atoms with Crippen molar-refractivity contribution < 1.29 is 9.53 Å². The highest BCUT2D eigenvalue weighted by Crippen LogP contribution is 2.28. The van der Waals surface area contributed by atoms with Crippen LogP contribution in [0.5, 0.6) is 0 Å². The van der Waals surface area contributed by atoms with Gasteiger partial charge in [0.1, 0.15) is 17.6 Å². The molecular formula is C16H23N5O2. The van der Waals surface area contributed by atoms with Gasteiger partial charge < -0.3 is 14.6 Å². The van der Waals surface area contributed by atoms with E-state index in [4.69, 9.17) is 4.74 Å². The van der Waals surface area contributed by atoms with E-state index in [1.165, 1.54) is 0 Å². The molecule has 2 N–H and O–H groups in total. The predicted molar refractivity (Wildman–Crippen MR) is 85.1 cm³/mol. The van der Waals surface area contributed by atoms with Crippen LogP contribution in [0.2, 0.25) is 0 Å². The van der Waals surface area contributed by atoms with Crippen LogP contribution in [-0.4, -0.2) is 38.3 Å². The molecule has 0 aromatic carbocycles. The third-order valence-electron chi connectivity index (χ3n) is 4.20. The summed E-state index contributed by atoms with van der Waals surface area (Å²) < 4.78 is 7.85. The first-order valence-corrected chi connectivity index (χ1v) is 8.09. The van der Waals surface area contributed by atoms with Crippen LogP contribution < -0.4 is 5.32 Å². The minimum Gasteiger partial charge on any atom is -0.368 e. The minimum absolute atomic E-state index is 0.0885. The lowest BCUT2D eigenvalue weighted by Gasteiger charge is -2.19. The van der Waals surface area contributed by atoms with Gasteiger partial charge in [-0.1, -0.05) is 13.8 Å². The molecule has 7 nitrogen and oxygen atoms in total. The number of amides is 1. The smallest absolute Gasteiger partial charge is 0.272 e. The van der Waals surface area contributed by atoms with Gasteiger partial charge >= 0.3 is 0 Å². The summed E-state index contributed by atoms with van der Waals surface area (Å²) in [4.78, 5) is 16.8. The number of H-pyrrole nitrogens is 1. The van der Waals surface area contributed by atoms with E-state index < -0.39 is 0 Å². The van der Waals surface area contributed by atoms with Crippen LogP contribution in [0, 0.1) is 0 Å². The van der Waals surface area contributed by atoms with Crippen molar-refractivity contribution in [2.45, 2.75) is 51.8 Å². The van der Waals surface area contributed by atoms with Crippen LogP contribution >= 0.6 is 0 Å². The van der Waals surface area contributed by atoms with Crippen LogP contribution in [0.4, 0.5) is 0 Å². The number of hydrogen-bond donors (Lipinski definition) is 2. The quantitative estimate of drug-likeness (QED) is 0.883. The Bertz CT molecular complexity index is 676. The van der Waals surface area contributed by atoms with Crippen LogP contribution in [0.3, 0.4) is 0 Å². The van der Waals surface area contributed by atoms with Crippen molar-refractivity contribution in [2.75, 3.05) is 6.61 Å². The number of aryl methyl sites for hydroxylation is 1. The molecule has 1 amide bonds. The lowest BCUT2D eigenvalue weighted by Crippen LogP contribution is -2.37. The number of aromatic nitrogens is 4. The van der Waals surface area contributed by atoms with Gasteiger partial charge in [-0.3, -0.25) is 9.89 Å². The average molecular weight is 317 g/mol. The van der Waals surface area contributed by atoms with E-state index in [-0.39, 0.29) is 18.1 Å². The van der Waals surface area contributed by atoms with E-state index in [0.717, 1.165) is 24.5 Å². The van der Waals surface area contributed by atoms with Crippen LogP contribution in [0.1, 0.15) is 61.2 Å². The molecule has 0 bridgehead atoms. The topological polar surface area (TPSA) is 84.8 Å². The van der Waals surface area contributed by atoms with Gasteiger partial charge in [-0.15, -0.1) is 0 Å². The van der Waals surface area contributed by atoms with Gasteiger partial charge in [0.25, 0.3) is 5.91 Å². The molecule has 124 valence electrons. The highest BCUT2D eigenvalue weighted by molar-refractivity contribution is 5.92. The lowest BCUT2D eigenvalue weighted by atomic mass is 10.1. The maximum atomic E-state index is 12.4. The van der Waals surface area contributed by atoms with Crippen molar-refractivity contribution in [3.05, 3.63) is 35.7 Å². The summed E-state index contributed by atoms with van der Waals surface area (Å²) >= 11 is 0. The highest BCUT2D eigenvalue weighted by atomic mass is 16.5. The fourth-order valence-electron chi connectivity index (χ4n) is 2.83. The number of carbonyl (C=O) groups is 1. The number of hydrogen-bond acceptors (Lipinski definition) is 4. The number of nitrogens with one attached hydrogen (secondary N) is 2. The molecule has 0 radical (unpaired) electrons. The van der Waals surface area contributed by atoms with E-state index in [1.807, 2.05) is 10.8 Å². The lowest BCUT2D eigenvalue weighted by molar-refractivity contribution is 0.0773. The van der Waals surface area contributed by atoms with E-state index in [1.54, 1.807) is 12.3 Å². The first-order valence-electron chi connectivity index (χ1n) is 8.09. The molecule has 7 heteroatoms. The summed E-state index contributed by atoms with van der Waals surface area (Å²) in [6.45, 7) is 7.61. The fraction of sp³-hybridized carbons (Fsp3) is 0.562. The first kappa shape index (κ1) is 15.7. The van der Waals surface area contributed by atoms with Crippen molar-refractivity contribution in [1.29, 1.82) is 0 Å². The van der Waals surface area contributed by atoms with Gasteiger partial charge in [-0.2, -0.15) is 5.10 Å². The van der Waals surface area contributed by atoms with Crippen LogP contribution in [0.25, 0.3) is 0 Å². The van der Waals surface area contributed by atoms with E-state index in [0.29, 0.717) is 18.2 Å². The van der Waals surface area contributed by atoms with Crippen LogP contribution in [-0.2, 0) is 11.3 Å². The fourth-order valence-corrected chi connectivity index (χ4v) is 2.83. The molecule has 1 aliphatic rings. The Kier molecular flexibility index (Phi) is 4.47. The molecule has 2 aromatic heterocycles. The third kappa shape index (κ3) is 3.14.